The highest BCUT2D eigenvalue weighted by Gasteiger charge is 2.47. The highest BCUT2D eigenvalue weighted by atomic mass is 19.3. The van der Waals surface area contributed by atoms with Gasteiger partial charge < -0.3 is 15.3 Å². The van der Waals surface area contributed by atoms with E-state index in [0.717, 1.165) is 5.56 Å². The third-order valence-electron chi connectivity index (χ3n) is 6.89. The molecule has 4 rings (SSSR count). The normalized spacial score (nSPS) is 20.6. The third-order valence-corrected chi connectivity index (χ3v) is 6.89. The summed E-state index contributed by atoms with van der Waals surface area (Å²) in [7, 11) is 0. The zero-order valence-electron chi connectivity index (χ0n) is 20.5. The molecule has 35 heavy (non-hydrogen) atoms. The number of pyridine rings is 1. The quantitative estimate of drug-likeness (QED) is 0.535. The fourth-order valence-corrected chi connectivity index (χ4v) is 4.86. The molecule has 0 spiro atoms. The molecule has 9 heteroatoms. The zero-order chi connectivity index (χ0) is 25.7. The fourth-order valence-electron chi connectivity index (χ4n) is 4.86. The number of aromatic nitrogens is 2. The number of carbonyl (C=O) groups is 1. The number of para-hydroxylation sites is 1. The maximum atomic E-state index is 14.5. The number of carboxylic acid groups (broad SMARTS) is 1. The highest BCUT2D eigenvalue weighted by molar-refractivity contribution is 5.94. The Balaban J connectivity index is 1.82. The van der Waals surface area contributed by atoms with Gasteiger partial charge in [-0.1, -0.05) is 26.0 Å². The Morgan fingerprint density at radius 3 is 2.46 bits per heavy atom. The molecule has 1 fully saturated rings. The molecule has 0 aliphatic carbocycles. The van der Waals surface area contributed by atoms with Crippen molar-refractivity contribution in [2.24, 2.45) is 11.8 Å². The summed E-state index contributed by atoms with van der Waals surface area (Å²) in [5, 5.41) is 12.8. The number of nitrogens with one attached hydrogen (secondary N) is 1. The van der Waals surface area contributed by atoms with Gasteiger partial charge >= 0.3 is 5.97 Å². The molecular formula is C26H30F2N4O3. The molecule has 1 aliphatic rings. The van der Waals surface area contributed by atoms with E-state index in [9.17, 15) is 23.5 Å². The number of rotatable bonds is 5. The summed E-state index contributed by atoms with van der Waals surface area (Å²) in [6, 6.07) is 8.11. The van der Waals surface area contributed by atoms with Gasteiger partial charge in [0.2, 0.25) is 0 Å². The van der Waals surface area contributed by atoms with Crippen LogP contribution in [0.3, 0.4) is 0 Å². The van der Waals surface area contributed by atoms with E-state index in [-0.39, 0.29) is 24.2 Å². The fraction of sp³-hybridized carbons (Fsp3) is 0.423. The van der Waals surface area contributed by atoms with E-state index >= 15 is 0 Å². The molecule has 1 aliphatic heterocycles. The Morgan fingerprint density at radius 1 is 1.20 bits per heavy atom. The molecule has 2 aromatic heterocycles. The molecular weight excluding hydrogens is 454 g/mol. The Hall–Kier alpha value is -3.49. The SMILES string of the molecule is Cc1cc([C@@H](C)Nc2ccccc2C(=O)O)c2nc(N3C[C@@H](C)C(F)(F)[C@H](C)C3)c(C)c(=O)n2c1. The van der Waals surface area contributed by atoms with Gasteiger partial charge in [-0.15, -0.1) is 0 Å². The Kier molecular flexibility index (Phi) is 6.29. The molecule has 7 nitrogen and oxygen atoms in total. The van der Waals surface area contributed by atoms with Gasteiger partial charge in [-0.25, -0.2) is 18.6 Å². The highest BCUT2D eigenvalue weighted by Crippen LogP contribution is 2.39. The van der Waals surface area contributed by atoms with Crippen LogP contribution in [0.1, 0.15) is 53.9 Å². The van der Waals surface area contributed by atoms with Crippen molar-refractivity contribution < 1.29 is 18.7 Å². The van der Waals surface area contributed by atoms with E-state index in [1.165, 1.54) is 24.3 Å². The van der Waals surface area contributed by atoms with Gasteiger partial charge in [0.05, 0.1) is 17.2 Å². The van der Waals surface area contributed by atoms with Crippen LogP contribution in [0.15, 0.2) is 41.3 Å². The number of nitrogens with zero attached hydrogens (tertiary/aromatic N) is 3. The molecule has 0 saturated carbocycles. The maximum Gasteiger partial charge on any atom is 0.337 e. The minimum atomic E-state index is -2.78. The number of carboxylic acids is 1. The first kappa shape index (κ1) is 24.6. The molecule has 3 heterocycles. The molecule has 1 saturated heterocycles. The van der Waals surface area contributed by atoms with Gasteiger partial charge in [0.25, 0.3) is 11.5 Å². The number of benzene rings is 1. The summed E-state index contributed by atoms with van der Waals surface area (Å²) < 4.78 is 30.4. The number of fused-ring (bicyclic) bond motifs is 1. The van der Waals surface area contributed by atoms with Crippen LogP contribution in [0.25, 0.3) is 5.65 Å². The van der Waals surface area contributed by atoms with Crippen LogP contribution >= 0.6 is 0 Å². The number of anilines is 2. The Labute approximate surface area is 202 Å². The van der Waals surface area contributed by atoms with Crippen LogP contribution < -0.4 is 15.8 Å². The summed E-state index contributed by atoms with van der Waals surface area (Å²) in [6.07, 6.45) is 1.71. The van der Waals surface area contributed by atoms with Crippen LogP contribution in [0, 0.1) is 25.7 Å². The lowest BCUT2D eigenvalue weighted by Gasteiger charge is -2.42. The van der Waals surface area contributed by atoms with E-state index in [0.29, 0.717) is 28.3 Å². The van der Waals surface area contributed by atoms with Crippen LogP contribution in [0.5, 0.6) is 0 Å². The van der Waals surface area contributed by atoms with E-state index in [1.807, 2.05) is 19.9 Å². The van der Waals surface area contributed by atoms with Gasteiger partial charge in [-0.05, 0) is 44.5 Å². The van der Waals surface area contributed by atoms with E-state index in [2.05, 4.69) is 5.32 Å². The molecule has 0 radical (unpaired) electrons. The predicted molar refractivity (Wildman–Crippen MR) is 132 cm³/mol. The molecule has 3 aromatic rings. The second-order valence-corrected chi connectivity index (χ2v) is 9.63. The number of alkyl halides is 2. The summed E-state index contributed by atoms with van der Waals surface area (Å²) in [5.74, 6) is -5.18. The van der Waals surface area contributed by atoms with Gasteiger partial charge in [0, 0.05) is 42.4 Å². The summed E-state index contributed by atoms with van der Waals surface area (Å²) in [4.78, 5) is 31.6. The first-order chi connectivity index (χ1) is 16.4. The first-order valence-corrected chi connectivity index (χ1v) is 11.7. The number of aryl methyl sites for hydroxylation is 1. The van der Waals surface area contributed by atoms with Crippen molar-refractivity contribution in [1.82, 2.24) is 9.38 Å². The van der Waals surface area contributed by atoms with Gasteiger partial charge in [-0.2, -0.15) is 0 Å². The van der Waals surface area contributed by atoms with Crippen molar-refractivity contribution in [1.29, 1.82) is 0 Å². The predicted octanol–water partition coefficient (Wildman–Crippen LogP) is 4.91. The van der Waals surface area contributed by atoms with Crippen molar-refractivity contribution in [3.8, 4) is 0 Å². The molecule has 1 aromatic carbocycles. The van der Waals surface area contributed by atoms with E-state index in [1.54, 1.807) is 36.2 Å². The monoisotopic (exact) mass is 484 g/mol. The van der Waals surface area contributed by atoms with Gasteiger partial charge in [-0.3, -0.25) is 9.20 Å². The van der Waals surface area contributed by atoms with Crippen LogP contribution in [-0.4, -0.2) is 39.5 Å². The lowest BCUT2D eigenvalue weighted by Crippen LogP contribution is -2.52. The van der Waals surface area contributed by atoms with Gasteiger partial charge in [0.1, 0.15) is 11.5 Å². The average Bonchev–Trinajstić information content (AvgIpc) is 2.80. The summed E-state index contributed by atoms with van der Waals surface area (Å²) in [6.45, 7) is 8.64. The zero-order valence-corrected chi connectivity index (χ0v) is 20.5. The van der Waals surface area contributed by atoms with Gasteiger partial charge in [0.15, 0.2) is 0 Å². The lowest BCUT2D eigenvalue weighted by atomic mass is 9.87. The minimum Gasteiger partial charge on any atom is -0.478 e. The minimum absolute atomic E-state index is 0.0990. The van der Waals surface area contributed by atoms with Crippen LogP contribution in [0.4, 0.5) is 20.3 Å². The number of piperidine rings is 1. The van der Waals surface area contributed by atoms with E-state index < -0.39 is 29.8 Å². The standard InChI is InChI=1S/C26H30F2N4O3/c1-14-10-20(18(5)29-21-9-7-6-8-19(21)25(34)35)23-30-22(17(4)24(33)32(23)11-14)31-12-15(2)26(27,28)16(3)13-31/h6-11,15-16,18,29H,12-13H2,1-5H3,(H,34,35)/t15-,16-,18-/m1/s1. The molecule has 2 N–H and O–H groups in total. The average molecular weight is 485 g/mol. The molecule has 3 atom stereocenters. The second-order valence-electron chi connectivity index (χ2n) is 9.63. The Morgan fingerprint density at radius 2 is 1.83 bits per heavy atom. The van der Waals surface area contributed by atoms with Crippen LogP contribution in [-0.2, 0) is 0 Å². The van der Waals surface area contributed by atoms with Crippen molar-refractivity contribution in [2.45, 2.75) is 46.6 Å². The van der Waals surface area contributed by atoms with E-state index in [4.69, 9.17) is 4.98 Å². The summed E-state index contributed by atoms with van der Waals surface area (Å²) in [5.41, 5.74) is 2.67. The smallest absolute Gasteiger partial charge is 0.337 e. The number of hydrogen-bond donors (Lipinski definition) is 2. The van der Waals surface area contributed by atoms with Crippen LogP contribution in [0.2, 0.25) is 0 Å². The number of aromatic carboxylic acids is 1. The lowest BCUT2D eigenvalue weighted by molar-refractivity contribution is -0.105. The largest absolute Gasteiger partial charge is 0.478 e. The molecule has 0 bridgehead atoms. The molecule has 186 valence electrons. The molecule has 0 unspecified atom stereocenters. The van der Waals surface area contributed by atoms with Crippen molar-refractivity contribution >= 4 is 23.1 Å². The topological polar surface area (TPSA) is 86.9 Å². The van der Waals surface area contributed by atoms with Crippen molar-refractivity contribution in [3.05, 3.63) is 69.1 Å². The Bertz CT molecular complexity index is 1340. The second kappa shape index (κ2) is 8.94. The van der Waals surface area contributed by atoms with Crippen molar-refractivity contribution in [3.63, 3.8) is 0 Å². The first-order valence-electron chi connectivity index (χ1n) is 11.7. The number of halogens is 2. The summed E-state index contributed by atoms with van der Waals surface area (Å²) >= 11 is 0. The maximum absolute atomic E-state index is 14.5. The molecule has 0 amide bonds. The third kappa shape index (κ3) is 4.35. The number of hydrogen-bond acceptors (Lipinski definition) is 5. The van der Waals surface area contributed by atoms with Crippen molar-refractivity contribution in [2.75, 3.05) is 23.3 Å².